The molecule has 2 rings (SSSR count). The van der Waals surface area contributed by atoms with E-state index in [1.807, 2.05) is 6.07 Å². The van der Waals surface area contributed by atoms with Crippen LogP contribution in [0.1, 0.15) is 27.2 Å². The van der Waals surface area contributed by atoms with Crippen molar-refractivity contribution < 1.29 is 22.0 Å². The highest BCUT2D eigenvalue weighted by Crippen LogP contribution is 2.13. The topological polar surface area (TPSA) is 64.3 Å². The number of nitrogens with zero attached hydrogens (tertiary/aromatic N) is 2. The van der Waals surface area contributed by atoms with Gasteiger partial charge in [0.15, 0.2) is 5.65 Å². The number of halogens is 1. The van der Waals surface area contributed by atoms with Gasteiger partial charge < -0.3 is 27.0 Å². The van der Waals surface area contributed by atoms with Crippen molar-refractivity contribution in [1.29, 1.82) is 0 Å². The van der Waals surface area contributed by atoms with Gasteiger partial charge in [-0.3, -0.25) is 4.57 Å². The van der Waals surface area contributed by atoms with Gasteiger partial charge in [-0.25, -0.2) is 4.79 Å². The van der Waals surface area contributed by atoms with E-state index >= 15 is 0 Å². The molecule has 0 aromatic carbocycles. The van der Waals surface area contributed by atoms with E-state index in [1.54, 1.807) is 10.6 Å². The number of fused-ring (bicyclic) bond motifs is 1. The smallest absolute Gasteiger partial charge is 0.327 e. The van der Waals surface area contributed by atoms with Crippen LogP contribution in [0, 0.1) is 0 Å². The standard InChI is InChI=1S/C15H24N4O2.ClH/c1-4-11-21-13-8-7-12-14(17-13)19(15(20)16-12)10-9-18(5-2)6-3;/h7-8H,4-6,9-11H2,1-3H3,(H,16,20);1H. The third-order valence-corrected chi connectivity index (χ3v) is 3.74. The highest BCUT2D eigenvalue weighted by Gasteiger charge is 2.11. The molecule has 2 heterocycles. The zero-order chi connectivity index (χ0) is 15.2. The van der Waals surface area contributed by atoms with Crippen LogP contribution in [0.3, 0.4) is 0 Å². The van der Waals surface area contributed by atoms with Crippen LogP contribution >= 0.6 is 0 Å². The molecular formula is C15H25ClN4O2. The second kappa shape index (κ2) is 8.80. The molecule has 0 bridgehead atoms. The van der Waals surface area contributed by atoms with Gasteiger partial charge in [-0.05, 0) is 26.3 Å². The van der Waals surface area contributed by atoms with E-state index < -0.39 is 0 Å². The fourth-order valence-electron chi connectivity index (χ4n) is 2.38. The van der Waals surface area contributed by atoms with Crippen LogP contribution in [0.25, 0.3) is 11.2 Å². The molecule has 0 aliphatic carbocycles. The summed E-state index contributed by atoms with van der Waals surface area (Å²) in [5.74, 6) is 0.576. The number of hydrogen-bond acceptors (Lipinski definition) is 3. The predicted octanol–water partition coefficient (Wildman–Crippen LogP) is -2.56. The van der Waals surface area contributed by atoms with Gasteiger partial charge in [0.05, 0.1) is 38.3 Å². The third kappa shape index (κ3) is 4.24. The molecule has 0 aliphatic rings. The van der Waals surface area contributed by atoms with E-state index in [0.29, 0.717) is 24.7 Å². The van der Waals surface area contributed by atoms with Gasteiger partial charge >= 0.3 is 5.69 Å². The molecule has 22 heavy (non-hydrogen) atoms. The minimum absolute atomic E-state index is 0. The molecule has 0 saturated carbocycles. The maximum absolute atomic E-state index is 12.1. The number of H-pyrrole nitrogens is 1. The number of aromatic nitrogens is 3. The molecule has 2 N–H and O–H groups in total. The molecule has 0 fully saturated rings. The van der Waals surface area contributed by atoms with Crippen molar-refractivity contribution >= 4 is 11.2 Å². The zero-order valence-corrected chi connectivity index (χ0v) is 14.2. The summed E-state index contributed by atoms with van der Waals surface area (Å²) in [7, 11) is 0. The number of ether oxygens (including phenoxy) is 1. The minimum atomic E-state index is -0.100. The van der Waals surface area contributed by atoms with E-state index in [1.165, 1.54) is 4.90 Å². The first kappa shape index (κ1) is 18.5. The Morgan fingerprint density at radius 1 is 1.27 bits per heavy atom. The van der Waals surface area contributed by atoms with Gasteiger partial charge in [0.2, 0.25) is 5.88 Å². The minimum Gasteiger partial charge on any atom is -1.00 e. The Bertz CT molecular complexity index is 634. The van der Waals surface area contributed by atoms with Crippen LogP contribution in [0.5, 0.6) is 5.88 Å². The Kier molecular flexibility index (Phi) is 7.41. The number of nitrogens with one attached hydrogen (secondary N) is 2. The van der Waals surface area contributed by atoms with Crippen LogP contribution in [-0.2, 0) is 6.54 Å². The largest absolute Gasteiger partial charge is 1.00 e. The highest BCUT2D eigenvalue weighted by atomic mass is 35.5. The van der Waals surface area contributed by atoms with Crippen LogP contribution in [0.2, 0.25) is 0 Å². The number of rotatable bonds is 8. The van der Waals surface area contributed by atoms with Crippen molar-refractivity contribution in [3.63, 3.8) is 0 Å². The maximum Gasteiger partial charge on any atom is 0.327 e. The summed E-state index contributed by atoms with van der Waals surface area (Å²) < 4.78 is 7.26. The molecule has 124 valence electrons. The van der Waals surface area contributed by atoms with Gasteiger partial charge in [0.1, 0.15) is 0 Å². The first-order valence-corrected chi connectivity index (χ1v) is 7.75. The van der Waals surface area contributed by atoms with E-state index in [-0.39, 0.29) is 18.1 Å². The molecule has 0 spiro atoms. The number of aromatic amines is 1. The predicted molar refractivity (Wildman–Crippen MR) is 83.1 cm³/mol. The molecule has 0 amide bonds. The van der Waals surface area contributed by atoms with E-state index in [2.05, 4.69) is 30.7 Å². The summed E-state index contributed by atoms with van der Waals surface area (Å²) in [4.78, 5) is 20.9. The first-order valence-electron chi connectivity index (χ1n) is 7.75. The van der Waals surface area contributed by atoms with Gasteiger partial charge in [-0.15, -0.1) is 0 Å². The molecule has 0 radical (unpaired) electrons. The summed E-state index contributed by atoms with van der Waals surface area (Å²) in [5.41, 5.74) is 1.34. The summed E-state index contributed by atoms with van der Waals surface area (Å²) in [6, 6.07) is 3.66. The van der Waals surface area contributed by atoms with Crippen molar-refractivity contribution in [2.75, 3.05) is 26.2 Å². The Hall–Kier alpha value is -1.53. The second-order valence-corrected chi connectivity index (χ2v) is 5.16. The van der Waals surface area contributed by atoms with Gasteiger partial charge in [0.25, 0.3) is 0 Å². The first-order chi connectivity index (χ1) is 10.2. The molecule has 0 aliphatic heterocycles. The lowest BCUT2D eigenvalue weighted by molar-refractivity contribution is -0.897. The molecule has 2 aromatic heterocycles. The summed E-state index contributed by atoms with van der Waals surface area (Å²) in [6.07, 6.45) is 0.935. The monoisotopic (exact) mass is 328 g/mol. The SMILES string of the molecule is CCCOc1ccc2[nH]c(=O)n(CC[NH+](CC)CC)c2n1.[Cl-]. The molecular weight excluding hydrogens is 304 g/mol. The van der Waals surface area contributed by atoms with Crippen molar-refractivity contribution in [1.82, 2.24) is 14.5 Å². The van der Waals surface area contributed by atoms with Crippen molar-refractivity contribution in [3.8, 4) is 5.88 Å². The van der Waals surface area contributed by atoms with E-state index in [0.717, 1.165) is 31.6 Å². The van der Waals surface area contributed by atoms with Crippen molar-refractivity contribution in [3.05, 3.63) is 22.6 Å². The van der Waals surface area contributed by atoms with Crippen LogP contribution in [0.15, 0.2) is 16.9 Å². The fourth-order valence-corrected chi connectivity index (χ4v) is 2.38. The molecule has 6 nitrogen and oxygen atoms in total. The van der Waals surface area contributed by atoms with Crippen molar-refractivity contribution in [2.24, 2.45) is 0 Å². The van der Waals surface area contributed by atoms with Gasteiger partial charge in [-0.2, -0.15) is 4.98 Å². The summed E-state index contributed by atoms with van der Waals surface area (Å²) in [5, 5.41) is 0. The molecule has 7 heteroatoms. The molecule has 0 atom stereocenters. The van der Waals surface area contributed by atoms with Crippen LogP contribution in [0.4, 0.5) is 0 Å². The lowest BCUT2D eigenvalue weighted by atomic mass is 10.4. The van der Waals surface area contributed by atoms with E-state index in [4.69, 9.17) is 4.74 Å². The molecule has 2 aromatic rings. The highest BCUT2D eigenvalue weighted by molar-refractivity contribution is 5.71. The average Bonchev–Trinajstić information content (AvgIpc) is 2.81. The lowest BCUT2D eigenvalue weighted by Crippen LogP contribution is -3.11. The molecule has 0 saturated heterocycles. The Morgan fingerprint density at radius 2 is 2.00 bits per heavy atom. The molecule has 0 unspecified atom stereocenters. The number of quaternary nitrogens is 1. The third-order valence-electron chi connectivity index (χ3n) is 3.74. The second-order valence-electron chi connectivity index (χ2n) is 5.16. The Balaban J connectivity index is 0.00000242. The number of likely N-dealkylation sites (N-methyl/N-ethyl adjacent to an activating group) is 1. The van der Waals surface area contributed by atoms with Crippen LogP contribution < -0.4 is 27.7 Å². The van der Waals surface area contributed by atoms with Crippen molar-refractivity contribution in [2.45, 2.75) is 33.7 Å². The Morgan fingerprint density at radius 3 is 2.64 bits per heavy atom. The number of imidazole rings is 1. The van der Waals surface area contributed by atoms with Gasteiger partial charge in [0, 0.05) is 6.07 Å². The Labute approximate surface area is 136 Å². The summed E-state index contributed by atoms with van der Waals surface area (Å²) >= 11 is 0. The van der Waals surface area contributed by atoms with Gasteiger partial charge in [-0.1, -0.05) is 6.92 Å². The lowest BCUT2D eigenvalue weighted by Gasteiger charge is -2.15. The average molecular weight is 329 g/mol. The fraction of sp³-hybridized carbons (Fsp3) is 0.600. The number of pyridine rings is 1. The van der Waals surface area contributed by atoms with E-state index in [9.17, 15) is 4.79 Å². The quantitative estimate of drug-likeness (QED) is 0.560. The summed E-state index contributed by atoms with van der Waals surface area (Å²) in [6.45, 7) is 10.7. The normalized spacial score (nSPS) is 10.9. The maximum atomic E-state index is 12.1. The number of hydrogen-bond donors (Lipinski definition) is 2. The zero-order valence-electron chi connectivity index (χ0n) is 13.5. The van der Waals surface area contributed by atoms with Crippen LogP contribution in [-0.4, -0.2) is 40.8 Å².